The third-order valence-corrected chi connectivity index (χ3v) is 3.55. The Morgan fingerprint density at radius 3 is 2.18 bits per heavy atom. The van der Waals surface area contributed by atoms with Crippen molar-refractivity contribution in [3.8, 4) is 0 Å². The van der Waals surface area contributed by atoms with Crippen LogP contribution >= 0.6 is 15.9 Å². The van der Waals surface area contributed by atoms with Crippen molar-refractivity contribution in [2.45, 2.75) is 27.2 Å². The van der Waals surface area contributed by atoms with Gasteiger partial charge in [-0.1, -0.05) is 28.9 Å². The van der Waals surface area contributed by atoms with Gasteiger partial charge in [-0.05, 0) is 38.0 Å². The van der Waals surface area contributed by atoms with Crippen LogP contribution in [0.4, 0.5) is 5.69 Å². The second kappa shape index (κ2) is 9.25. The van der Waals surface area contributed by atoms with E-state index in [2.05, 4.69) is 28.2 Å². The van der Waals surface area contributed by atoms with Crippen molar-refractivity contribution in [2.75, 3.05) is 18.5 Å². The number of anilines is 1. The number of aryl methyl sites for hydroxylation is 1. The molecule has 0 aromatic heterocycles. The summed E-state index contributed by atoms with van der Waals surface area (Å²) in [5.74, 6) is -1.42. The summed E-state index contributed by atoms with van der Waals surface area (Å²) < 4.78 is 10.7. The molecule has 0 bridgehead atoms. The fourth-order valence-electron chi connectivity index (χ4n) is 1.70. The number of halogens is 1. The minimum Gasteiger partial charge on any atom is -0.462 e. The maximum Gasteiger partial charge on any atom is 0.347 e. The van der Waals surface area contributed by atoms with Gasteiger partial charge in [0, 0.05) is 16.4 Å². The van der Waals surface area contributed by atoms with Crippen LogP contribution in [0.1, 0.15) is 26.3 Å². The predicted octanol–water partition coefficient (Wildman–Crippen LogP) is 3.43. The molecule has 1 rings (SSSR count). The first-order valence-electron chi connectivity index (χ1n) is 7.12. The standard InChI is InChI=1S/C16H20BrNO4/c1-4-11-7-8-12(9-14(11)17)18-10-13(15(19)21-5-2)16(20)22-6-3/h7-10,18H,4-6H2,1-3H3. The minimum absolute atomic E-state index is 0.167. The van der Waals surface area contributed by atoms with Gasteiger partial charge in [-0.3, -0.25) is 0 Å². The first kappa shape index (κ1) is 18.2. The molecule has 6 heteroatoms. The Bertz CT molecular complexity index is 549. The van der Waals surface area contributed by atoms with E-state index in [1.807, 2.05) is 18.2 Å². The number of nitrogens with one attached hydrogen (secondary N) is 1. The smallest absolute Gasteiger partial charge is 0.347 e. The SMILES string of the molecule is CCOC(=O)C(=CNc1ccc(CC)c(Br)c1)C(=O)OCC. The van der Waals surface area contributed by atoms with Gasteiger partial charge in [-0.15, -0.1) is 0 Å². The lowest BCUT2D eigenvalue weighted by Crippen LogP contribution is -2.19. The van der Waals surface area contributed by atoms with E-state index in [0.717, 1.165) is 16.6 Å². The first-order chi connectivity index (χ1) is 10.5. The zero-order chi connectivity index (χ0) is 16.5. The molecule has 0 atom stereocenters. The maximum absolute atomic E-state index is 11.8. The Kier molecular flexibility index (Phi) is 7.66. The van der Waals surface area contributed by atoms with Crippen LogP contribution in [0.25, 0.3) is 0 Å². The van der Waals surface area contributed by atoms with Gasteiger partial charge in [0.1, 0.15) is 0 Å². The van der Waals surface area contributed by atoms with E-state index < -0.39 is 11.9 Å². The topological polar surface area (TPSA) is 64.6 Å². The maximum atomic E-state index is 11.8. The van der Waals surface area contributed by atoms with Gasteiger partial charge in [0.05, 0.1) is 13.2 Å². The zero-order valence-corrected chi connectivity index (χ0v) is 14.5. The Labute approximate surface area is 138 Å². The molecule has 0 aliphatic carbocycles. The largest absolute Gasteiger partial charge is 0.462 e. The summed E-state index contributed by atoms with van der Waals surface area (Å²) in [6.45, 7) is 5.79. The van der Waals surface area contributed by atoms with Crippen molar-refractivity contribution < 1.29 is 19.1 Å². The molecule has 0 aliphatic heterocycles. The zero-order valence-electron chi connectivity index (χ0n) is 12.9. The highest BCUT2D eigenvalue weighted by atomic mass is 79.9. The number of carbonyl (C=O) groups excluding carboxylic acids is 2. The van der Waals surface area contributed by atoms with Crippen molar-refractivity contribution >= 4 is 33.6 Å². The average Bonchev–Trinajstić information content (AvgIpc) is 2.48. The molecule has 0 amide bonds. The summed E-state index contributed by atoms with van der Waals surface area (Å²) in [5, 5.41) is 2.92. The van der Waals surface area contributed by atoms with Crippen molar-refractivity contribution in [3.05, 3.63) is 40.0 Å². The summed E-state index contributed by atoms with van der Waals surface area (Å²) in [4.78, 5) is 23.6. The van der Waals surface area contributed by atoms with Gasteiger partial charge in [-0.2, -0.15) is 0 Å². The molecule has 0 spiro atoms. The summed E-state index contributed by atoms with van der Waals surface area (Å²) in [5.41, 5.74) is 1.75. The third-order valence-electron chi connectivity index (χ3n) is 2.81. The lowest BCUT2D eigenvalue weighted by Gasteiger charge is -2.09. The molecule has 0 saturated heterocycles. The molecule has 0 radical (unpaired) electrons. The van der Waals surface area contributed by atoms with Crippen molar-refractivity contribution in [1.82, 2.24) is 0 Å². The lowest BCUT2D eigenvalue weighted by atomic mass is 10.1. The average molecular weight is 370 g/mol. The Morgan fingerprint density at radius 1 is 1.14 bits per heavy atom. The van der Waals surface area contributed by atoms with Crippen molar-refractivity contribution in [1.29, 1.82) is 0 Å². The van der Waals surface area contributed by atoms with Crippen LogP contribution in [-0.2, 0) is 25.5 Å². The Morgan fingerprint density at radius 2 is 1.73 bits per heavy atom. The second-order valence-corrected chi connectivity index (χ2v) is 5.16. The number of rotatable bonds is 7. The van der Waals surface area contributed by atoms with Crippen molar-refractivity contribution in [3.63, 3.8) is 0 Å². The number of benzene rings is 1. The summed E-state index contributed by atoms with van der Waals surface area (Å²) in [6.07, 6.45) is 2.22. The molecule has 1 aromatic carbocycles. The van der Waals surface area contributed by atoms with E-state index in [0.29, 0.717) is 0 Å². The van der Waals surface area contributed by atoms with Crippen LogP contribution in [0, 0.1) is 0 Å². The van der Waals surface area contributed by atoms with E-state index >= 15 is 0 Å². The predicted molar refractivity (Wildman–Crippen MR) is 88.5 cm³/mol. The van der Waals surface area contributed by atoms with Crippen LogP contribution in [0.2, 0.25) is 0 Å². The molecule has 1 N–H and O–H groups in total. The van der Waals surface area contributed by atoms with Gasteiger partial charge in [-0.25, -0.2) is 9.59 Å². The van der Waals surface area contributed by atoms with Crippen LogP contribution in [0.15, 0.2) is 34.4 Å². The third kappa shape index (κ3) is 5.18. The van der Waals surface area contributed by atoms with E-state index in [9.17, 15) is 9.59 Å². The van der Waals surface area contributed by atoms with Crippen LogP contribution in [-0.4, -0.2) is 25.2 Å². The van der Waals surface area contributed by atoms with Gasteiger partial charge in [0.25, 0.3) is 0 Å². The van der Waals surface area contributed by atoms with Gasteiger partial charge in [0.2, 0.25) is 0 Å². The lowest BCUT2D eigenvalue weighted by molar-refractivity contribution is -0.146. The number of carbonyl (C=O) groups is 2. The van der Waals surface area contributed by atoms with Crippen LogP contribution in [0.5, 0.6) is 0 Å². The van der Waals surface area contributed by atoms with Gasteiger partial charge >= 0.3 is 11.9 Å². The quantitative estimate of drug-likeness (QED) is 0.345. The number of hydrogen-bond donors (Lipinski definition) is 1. The second-order valence-electron chi connectivity index (χ2n) is 4.30. The van der Waals surface area contributed by atoms with E-state index in [4.69, 9.17) is 9.47 Å². The highest BCUT2D eigenvalue weighted by molar-refractivity contribution is 9.10. The van der Waals surface area contributed by atoms with E-state index in [1.54, 1.807) is 13.8 Å². The molecule has 0 heterocycles. The molecule has 120 valence electrons. The molecule has 0 fully saturated rings. The molecular formula is C16H20BrNO4. The van der Waals surface area contributed by atoms with E-state index in [1.165, 1.54) is 11.8 Å². The molecule has 0 unspecified atom stereocenters. The van der Waals surface area contributed by atoms with Gasteiger partial charge in [0.15, 0.2) is 5.57 Å². The monoisotopic (exact) mass is 369 g/mol. The fraction of sp³-hybridized carbons (Fsp3) is 0.375. The highest BCUT2D eigenvalue weighted by Gasteiger charge is 2.20. The fourth-order valence-corrected chi connectivity index (χ4v) is 2.36. The molecule has 0 saturated carbocycles. The molecular weight excluding hydrogens is 350 g/mol. The minimum atomic E-state index is -0.710. The Hall–Kier alpha value is -1.82. The van der Waals surface area contributed by atoms with Crippen molar-refractivity contribution in [2.24, 2.45) is 0 Å². The summed E-state index contributed by atoms with van der Waals surface area (Å²) >= 11 is 3.48. The molecule has 1 aromatic rings. The summed E-state index contributed by atoms with van der Waals surface area (Å²) in [7, 11) is 0. The van der Waals surface area contributed by atoms with Gasteiger partial charge < -0.3 is 14.8 Å². The molecule has 22 heavy (non-hydrogen) atoms. The molecule has 0 aliphatic rings. The number of ether oxygens (including phenoxy) is 2. The summed E-state index contributed by atoms with van der Waals surface area (Å²) in [6, 6.07) is 5.71. The van der Waals surface area contributed by atoms with Crippen LogP contribution < -0.4 is 5.32 Å². The Balaban J connectivity index is 2.94. The normalized spacial score (nSPS) is 9.82. The van der Waals surface area contributed by atoms with E-state index in [-0.39, 0.29) is 18.8 Å². The highest BCUT2D eigenvalue weighted by Crippen LogP contribution is 2.22. The van der Waals surface area contributed by atoms with Crippen LogP contribution in [0.3, 0.4) is 0 Å². The number of esters is 2. The number of hydrogen-bond acceptors (Lipinski definition) is 5. The first-order valence-corrected chi connectivity index (χ1v) is 7.92. The molecule has 5 nitrogen and oxygen atoms in total.